The molecule has 2 rings (SSSR count). The molecule has 1 aromatic carbocycles. The van der Waals surface area contributed by atoms with Crippen molar-refractivity contribution in [1.82, 2.24) is 0 Å². The van der Waals surface area contributed by atoms with Crippen molar-refractivity contribution < 1.29 is 14.3 Å². The summed E-state index contributed by atoms with van der Waals surface area (Å²) in [5.41, 5.74) is 6.86. The van der Waals surface area contributed by atoms with Gasteiger partial charge in [0.1, 0.15) is 5.82 Å². The molecule has 1 saturated heterocycles. The number of nitrogens with zero attached hydrogens (tertiary/aromatic N) is 2. The van der Waals surface area contributed by atoms with E-state index < -0.39 is 5.82 Å². The summed E-state index contributed by atoms with van der Waals surface area (Å²) in [6.07, 6.45) is 2.03. The number of hydrogen-bond donors (Lipinski definition) is 2. The number of halogens is 1. The molecule has 0 aliphatic carbocycles. The van der Waals surface area contributed by atoms with Gasteiger partial charge in [-0.05, 0) is 37.0 Å². The maximum Gasteiger partial charge on any atom is 0.172 e. The van der Waals surface area contributed by atoms with Crippen molar-refractivity contribution in [3.63, 3.8) is 0 Å². The number of amidine groups is 1. The molecule has 110 valence electrons. The Balaban J connectivity index is 2.17. The number of nitrogens with two attached hydrogens (primary N) is 1. The molecule has 3 N–H and O–H groups in total. The van der Waals surface area contributed by atoms with Crippen LogP contribution in [0.2, 0.25) is 0 Å². The summed E-state index contributed by atoms with van der Waals surface area (Å²) < 4.78 is 18.5. The molecule has 1 aromatic rings. The Morgan fingerprint density at radius 3 is 2.80 bits per heavy atom. The highest BCUT2D eigenvalue weighted by Crippen LogP contribution is 2.27. The van der Waals surface area contributed by atoms with Gasteiger partial charge in [0.2, 0.25) is 0 Å². The normalized spacial score (nSPS) is 17.5. The Bertz CT molecular complexity index is 485. The van der Waals surface area contributed by atoms with Crippen molar-refractivity contribution in [2.45, 2.75) is 12.8 Å². The van der Waals surface area contributed by atoms with Crippen LogP contribution in [0.4, 0.5) is 10.1 Å². The number of oxime groups is 1. The summed E-state index contributed by atoms with van der Waals surface area (Å²) >= 11 is 0. The number of piperidine rings is 1. The van der Waals surface area contributed by atoms with Gasteiger partial charge in [0.15, 0.2) is 5.84 Å². The first-order chi connectivity index (χ1) is 9.65. The highest BCUT2D eigenvalue weighted by atomic mass is 19.1. The van der Waals surface area contributed by atoms with Crippen LogP contribution in [0.5, 0.6) is 0 Å². The van der Waals surface area contributed by atoms with Crippen LogP contribution in [0.3, 0.4) is 0 Å². The summed E-state index contributed by atoms with van der Waals surface area (Å²) in [4.78, 5) is 2.14. The van der Waals surface area contributed by atoms with Crippen molar-refractivity contribution in [2.75, 3.05) is 31.7 Å². The van der Waals surface area contributed by atoms with E-state index in [2.05, 4.69) is 10.1 Å². The number of methoxy groups -OCH3 is 1. The van der Waals surface area contributed by atoms with Crippen molar-refractivity contribution in [1.29, 1.82) is 0 Å². The van der Waals surface area contributed by atoms with Crippen molar-refractivity contribution in [3.8, 4) is 0 Å². The zero-order chi connectivity index (χ0) is 14.5. The standard InChI is InChI=1S/C14H20FN3O2/c1-20-9-10-4-6-18(7-5-10)13-3-2-11(15)8-12(13)14(16)17-19/h2-3,8,10,19H,4-7,9H2,1H3,(H2,16,17). The quantitative estimate of drug-likeness (QED) is 0.382. The minimum absolute atomic E-state index is 0.0708. The predicted octanol–water partition coefficient (Wildman–Crippen LogP) is 1.78. The molecule has 0 aromatic heterocycles. The lowest BCUT2D eigenvalue weighted by Crippen LogP contribution is -2.36. The molecule has 1 fully saturated rings. The molecule has 1 aliphatic heterocycles. The van der Waals surface area contributed by atoms with E-state index in [-0.39, 0.29) is 5.84 Å². The molecular formula is C14H20FN3O2. The van der Waals surface area contributed by atoms with E-state index in [0.717, 1.165) is 38.2 Å². The highest BCUT2D eigenvalue weighted by molar-refractivity contribution is 6.02. The molecule has 1 aliphatic rings. The second-order valence-electron chi connectivity index (χ2n) is 5.03. The topological polar surface area (TPSA) is 71.1 Å². The van der Waals surface area contributed by atoms with Crippen LogP contribution in [0, 0.1) is 11.7 Å². The van der Waals surface area contributed by atoms with Crippen LogP contribution in [0.1, 0.15) is 18.4 Å². The van der Waals surface area contributed by atoms with Gasteiger partial charge in [-0.2, -0.15) is 0 Å². The molecule has 0 radical (unpaired) electrons. The Morgan fingerprint density at radius 1 is 1.50 bits per heavy atom. The van der Waals surface area contributed by atoms with Crippen LogP contribution in [-0.2, 0) is 4.74 Å². The van der Waals surface area contributed by atoms with E-state index in [0.29, 0.717) is 11.5 Å². The fraction of sp³-hybridized carbons (Fsp3) is 0.500. The SMILES string of the molecule is COCC1CCN(c2ccc(F)cc2C(N)=NO)CC1. The van der Waals surface area contributed by atoms with Gasteiger partial charge in [0, 0.05) is 38.1 Å². The Hall–Kier alpha value is -1.82. The van der Waals surface area contributed by atoms with E-state index in [9.17, 15) is 4.39 Å². The lowest BCUT2D eigenvalue weighted by molar-refractivity contribution is 0.139. The average molecular weight is 281 g/mol. The largest absolute Gasteiger partial charge is 0.409 e. The molecule has 6 heteroatoms. The number of hydrogen-bond acceptors (Lipinski definition) is 4. The average Bonchev–Trinajstić information content (AvgIpc) is 2.47. The van der Waals surface area contributed by atoms with E-state index >= 15 is 0 Å². The summed E-state index contributed by atoms with van der Waals surface area (Å²) in [7, 11) is 1.71. The fourth-order valence-electron chi connectivity index (χ4n) is 2.62. The number of ether oxygens (including phenoxy) is 1. The number of anilines is 1. The van der Waals surface area contributed by atoms with Crippen LogP contribution in [0.25, 0.3) is 0 Å². The third-order valence-corrected chi connectivity index (χ3v) is 3.70. The first kappa shape index (κ1) is 14.6. The molecule has 0 amide bonds. The second kappa shape index (κ2) is 6.56. The van der Waals surface area contributed by atoms with Gasteiger partial charge in [-0.3, -0.25) is 0 Å². The van der Waals surface area contributed by atoms with Crippen molar-refractivity contribution in [2.24, 2.45) is 16.8 Å². The first-order valence-electron chi connectivity index (χ1n) is 6.67. The van der Waals surface area contributed by atoms with Gasteiger partial charge < -0.3 is 20.6 Å². The second-order valence-corrected chi connectivity index (χ2v) is 5.03. The van der Waals surface area contributed by atoms with Gasteiger partial charge >= 0.3 is 0 Å². The maximum absolute atomic E-state index is 13.3. The smallest absolute Gasteiger partial charge is 0.172 e. The summed E-state index contributed by atoms with van der Waals surface area (Å²) in [5.74, 6) is 0.0899. The lowest BCUT2D eigenvalue weighted by atomic mass is 9.96. The monoisotopic (exact) mass is 281 g/mol. The van der Waals surface area contributed by atoms with Crippen LogP contribution in [0.15, 0.2) is 23.4 Å². The Morgan fingerprint density at radius 2 is 2.20 bits per heavy atom. The van der Waals surface area contributed by atoms with Gasteiger partial charge in [0.05, 0.1) is 0 Å². The van der Waals surface area contributed by atoms with Gasteiger partial charge in [-0.1, -0.05) is 5.16 Å². The van der Waals surface area contributed by atoms with Crippen LogP contribution < -0.4 is 10.6 Å². The minimum Gasteiger partial charge on any atom is -0.409 e. The molecular weight excluding hydrogens is 261 g/mol. The van der Waals surface area contributed by atoms with E-state index in [4.69, 9.17) is 15.7 Å². The molecule has 0 bridgehead atoms. The summed E-state index contributed by atoms with van der Waals surface area (Å²) in [5, 5.41) is 11.8. The summed E-state index contributed by atoms with van der Waals surface area (Å²) in [6, 6.07) is 4.37. The lowest BCUT2D eigenvalue weighted by Gasteiger charge is -2.34. The van der Waals surface area contributed by atoms with Gasteiger partial charge in [0.25, 0.3) is 0 Å². The zero-order valence-electron chi connectivity index (χ0n) is 11.6. The fourth-order valence-corrected chi connectivity index (χ4v) is 2.62. The van der Waals surface area contributed by atoms with E-state index in [1.807, 2.05) is 0 Å². The maximum atomic E-state index is 13.3. The molecule has 0 atom stereocenters. The zero-order valence-corrected chi connectivity index (χ0v) is 11.6. The van der Waals surface area contributed by atoms with Crippen LogP contribution in [-0.4, -0.2) is 37.8 Å². The highest BCUT2D eigenvalue weighted by Gasteiger charge is 2.22. The summed E-state index contributed by atoms with van der Waals surface area (Å²) in [6.45, 7) is 2.47. The first-order valence-corrected chi connectivity index (χ1v) is 6.67. The number of rotatable bonds is 4. The van der Waals surface area contributed by atoms with E-state index in [1.54, 1.807) is 13.2 Å². The molecule has 20 heavy (non-hydrogen) atoms. The molecule has 0 spiro atoms. The molecule has 5 nitrogen and oxygen atoms in total. The van der Waals surface area contributed by atoms with E-state index in [1.165, 1.54) is 12.1 Å². The Kier molecular flexibility index (Phi) is 4.79. The molecule has 0 unspecified atom stereocenters. The van der Waals surface area contributed by atoms with Gasteiger partial charge in [-0.15, -0.1) is 0 Å². The third-order valence-electron chi connectivity index (χ3n) is 3.70. The Labute approximate surface area is 117 Å². The van der Waals surface area contributed by atoms with Crippen molar-refractivity contribution >= 4 is 11.5 Å². The minimum atomic E-state index is -0.399. The molecule has 0 saturated carbocycles. The molecule has 1 heterocycles. The predicted molar refractivity (Wildman–Crippen MR) is 75.7 cm³/mol. The van der Waals surface area contributed by atoms with Gasteiger partial charge in [-0.25, -0.2) is 4.39 Å². The third kappa shape index (κ3) is 3.19. The number of benzene rings is 1. The van der Waals surface area contributed by atoms with Crippen LogP contribution >= 0.6 is 0 Å². The van der Waals surface area contributed by atoms with Crippen molar-refractivity contribution in [3.05, 3.63) is 29.6 Å².